The highest BCUT2D eigenvalue weighted by Gasteiger charge is 2.29. The first-order valence-electron chi connectivity index (χ1n) is 8.96. The highest BCUT2D eigenvalue weighted by molar-refractivity contribution is 5.77. The van der Waals surface area contributed by atoms with E-state index in [-0.39, 0.29) is 18.3 Å². The Morgan fingerprint density at radius 1 is 1.21 bits per heavy atom. The van der Waals surface area contributed by atoms with E-state index in [2.05, 4.69) is 0 Å². The molecule has 2 aliphatic heterocycles. The third kappa shape index (κ3) is 4.69. The van der Waals surface area contributed by atoms with Crippen LogP contribution in [0.4, 0.5) is 4.39 Å². The second-order valence-electron chi connectivity index (χ2n) is 6.79. The number of carbonyl (C=O) groups excluding carboxylic acids is 1. The van der Waals surface area contributed by atoms with Crippen LogP contribution in [-0.4, -0.2) is 43.7 Å². The standard InChI is InChI=1S/C19H26FNO3/c20-17-5-3-6-18(12-17)24-14-19(22)21-9-2-1-4-16(13-21)15-7-10-23-11-8-15/h3,5-6,12,15-16H,1-2,4,7-11,13-14H2. The van der Waals surface area contributed by atoms with Crippen LogP contribution in [0.3, 0.4) is 0 Å². The molecule has 0 aromatic heterocycles. The maximum Gasteiger partial charge on any atom is 0.260 e. The van der Waals surface area contributed by atoms with Gasteiger partial charge in [-0.25, -0.2) is 4.39 Å². The van der Waals surface area contributed by atoms with Gasteiger partial charge in [0.25, 0.3) is 5.91 Å². The molecule has 1 atom stereocenters. The zero-order valence-electron chi connectivity index (χ0n) is 14.1. The van der Waals surface area contributed by atoms with E-state index in [1.54, 1.807) is 12.1 Å². The molecule has 0 bridgehead atoms. The van der Waals surface area contributed by atoms with Gasteiger partial charge < -0.3 is 14.4 Å². The van der Waals surface area contributed by atoms with E-state index in [0.717, 1.165) is 45.6 Å². The van der Waals surface area contributed by atoms with Gasteiger partial charge >= 0.3 is 0 Å². The fraction of sp³-hybridized carbons (Fsp3) is 0.632. The van der Waals surface area contributed by atoms with Crippen LogP contribution in [-0.2, 0) is 9.53 Å². The van der Waals surface area contributed by atoms with E-state index in [0.29, 0.717) is 17.6 Å². The predicted octanol–water partition coefficient (Wildman–Crippen LogP) is 3.26. The van der Waals surface area contributed by atoms with Crippen LogP contribution in [0.5, 0.6) is 5.75 Å². The van der Waals surface area contributed by atoms with Gasteiger partial charge in [-0.3, -0.25) is 4.79 Å². The zero-order chi connectivity index (χ0) is 16.8. The minimum absolute atomic E-state index is 0.00165. The minimum atomic E-state index is -0.352. The highest BCUT2D eigenvalue weighted by atomic mass is 19.1. The molecule has 5 heteroatoms. The maximum atomic E-state index is 13.2. The Morgan fingerprint density at radius 3 is 2.83 bits per heavy atom. The average molecular weight is 335 g/mol. The van der Waals surface area contributed by atoms with Gasteiger partial charge in [-0.2, -0.15) is 0 Å². The van der Waals surface area contributed by atoms with Crippen LogP contribution in [0.15, 0.2) is 24.3 Å². The Kier molecular flexibility index (Phi) is 6.07. The van der Waals surface area contributed by atoms with Crippen molar-refractivity contribution in [1.29, 1.82) is 0 Å². The zero-order valence-corrected chi connectivity index (χ0v) is 14.1. The molecule has 0 saturated carbocycles. The van der Waals surface area contributed by atoms with Crippen LogP contribution >= 0.6 is 0 Å². The van der Waals surface area contributed by atoms with Crippen LogP contribution < -0.4 is 4.74 Å². The smallest absolute Gasteiger partial charge is 0.260 e. The molecule has 3 rings (SSSR count). The fourth-order valence-corrected chi connectivity index (χ4v) is 3.77. The summed E-state index contributed by atoms with van der Waals surface area (Å²) in [6.45, 7) is 3.28. The number of amides is 1. The largest absolute Gasteiger partial charge is 0.484 e. The van der Waals surface area contributed by atoms with E-state index in [9.17, 15) is 9.18 Å². The molecule has 0 spiro atoms. The van der Waals surface area contributed by atoms with Crippen LogP contribution in [0.1, 0.15) is 32.1 Å². The molecule has 2 fully saturated rings. The third-order valence-corrected chi connectivity index (χ3v) is 5.15. The first-order chi connectivity index (χ1) is 11.7. The van der Waals surface area contributed by atoms with Crippen molar-refractivity contribution < 1.29 is 18.7 Å². The normalized spacial score (nSPS) is 22.9. The summed E-state index contributed by atoms with van der Waals surface area (Å²) >= 11 is 0. The second kappa shape index (κ2) is 8.47. The molecule has 2 aliphatic rings. The van der Waals surface area contributed by atoms with E-state index in [1.807, 2.05) is 4.90 Å². The Hall–Kier alpha value is -1.62. The quantitative estimate of drug-likeness (QED) is 0.848. The molecule has 24 heavy (non-hydrogen) atoms. The molecule has 1 amide bonds. The van der Waals surface area contributed by atoms with Crippen molar-refractivity contribution in [3.63, 3.8) is 0 Å². The Bertz CT molecular complexity index is 545. The van der Waals surface area contributed by atoms with Crippen molar-refractivity contribution >= 4 is 5.91 Å². The molecule has 2 saturated heterocycles. The van der Waals surface area contributed by atoms with Gasteiger partial charge in [-0.05, 0) is 49.7 Å². The van der Waals surface area contributed by atoms with Crippen LogP contribution in [0.25, 0.3) is 0 Å². The molecule has 132 valence electrons. The number of hydrogen-bond acceptors (Lipinski definition) is 3. The summed E-state index contributed by atoms with van der Waals surface area (Å²) < 4.78 is 24.1. The van der Waals surface area contributed by atoms with Crippen LogP contribution in [0, 0.1) is 17.7 Å². The molecular formula is C19H26FNO3. The number of halogens is 1. The van der Waals surface area contributed by atoms with Crippen LogP contribution in [0.2, 0.25) is 0 Å². The number of likely N-dealkylation sites (tertiary alicyclic amines) is 1. The van der Waals surface area contributed by atoms with Crippen molar-refractivity contribution in [2.75, 3.05) is 32.9 Å². The van der Waals surface area contributed by atoms with Crippen molar-refractivity contribution in [2.45, 2.75) is 32.1 Å². The van der Waals surface area contributed by atoms with Gasteiger partial charge in [0.1, 0.15) is 11.6 Å². The van der Waals surface area contributed by atoms with Gasteiger partial charge in [0.05, 0.1) is 0 Å². The van der Waals surface area contributed by atoms with Crippen molar-refractivity contribution in [1.82, 2.24) is 4.90 Å². The monoisotopic (exact) mass is 335 g/mol. The number of ether oxygens (including phenoxy) is 2. The number of nitrogens with zero attached hydrogens (tertiary/aromatic N) is 1. The second-order valence-corrected chi connectivity index (χ2v) is 6.79. The van der Waals surface area contributed by atoms with Gasteiger partial charge in [0.15, 0.2) is 6.61 Å². The molecule has 2 heterocycles. The van der Waals surface area contributed by atoms with E-state index in [1.165, 1.54) is 25.0 Å². The molecule has 4 nitrogen and oxygen atoms in total. The molecule has 1 aromatic carbocycles. The maximum absolute atomic E-state index is 13.2. The van der Waals surface area contributed by atoms with Crippen molar-refractivity contribution in [3.05, 3.63) is 30.1 Å². The Balaban J connectivity index is 1.54. The Morgan fingerprint density at radius 2 is 2.04 bits per heavy atom. The lowest BCUT2D eigenvalue weighted by Crippen LogP contribution is -2.40. The highest BCUT2D eigenvalue weighted by Crippen LogP contribution is 2.30. The number of rotatable bonds is 4. The van der Waals surface area contributed by atoms with Gasteiger partial charge in [0.2, 0.25) is 0 Å². The summed E-state index contributed by atoms with van der Waals surface area (Å²) in [6, 6.07) is 5.92. The van der Waals surface area contributed by atoms with Gasteiger partial charge in [0, 0.05) is 32.4 Å². The summed E-state index contributed by atoms with van der Waals surface area (Å²) in [5.41, 5.74) is 0. The summed E-state index contributed by atoms with van der Waals surface area (Å²) in [7, 11) is 0. The predicted molar refractivity (Wildman–Crippen MR) is 89.4 cm³/mol. The van der Waals surface area contributed by atoms with E-state index < -0.39 is 0 Å². The first-order valence-corrected chi connectivity index (χ1v) is 8.96. The number of carbonyl (C=O) groups is 1. The van der Waals surface area contributed by atoms with Crippen molar-refractivity contribution in [3.8, 4) is 5.75 Å². The summed E-state index contributed by atoms with van der Waals surface area (Å²) in [5, 5.41) is 0. The average Bonchev–Trinajstić information content (AvgIpc) is 2.87. The molecule has 0 radical (unpaired) electrons. The summed E-state index contributed by atoms with van der Waals surface area (Å²) in [5.74, 6) is 1.28. The van der Waals surface area contributed by atoms with E-state index in [4.69, 9.17) is 9.47 Å². The lowest BCUT2D eigenvalue weighted by Gasteiger charge is -2.32. The lowest BCUT2D eigenvalue weighted by molar-refractivity contribution is -0.134. The fourth-order valence-electron chi connectivity index (χ4n) is 3.77. The summed E-state index contributed by atoms with van der Waals surface area (Å²) in [4.78, 5) is 14.5. The Labute approximate surface area is 142 Å². The molecule has 0 aliphatic carbocycles. The first kappa shape index (κ1) is 17.2. The number of benzene rings is 1. The van der Waals surface area contributed by atoms with Crippen molar-refractivity contribution in [2.24, 2.45) is 11.8 Å². The SMILES string of the molecule is O=C(COc1cccc(F)c1)N1CCCCC(C2CCOCC2)C1. The lowest BCUT2D eigenvalue weighted by atomic mass is 9.83. The summed E-state index contributed by atoms with van der Waals surface area (Å²) in [6.07, 6.45) is 5.63. The minimum Gasteiger partial charge on any atom is -0.484 e. The number of hydrogen-bond donors (Lipinski definition) is 0. The molecular weight excluding hydrogens is 309 g/mol. The topological polar surface area (TPSA) is 38.8 Å². The molecule has 0 N–H and O–H groups in total. The van der Waals surface area contributed by atoms with Gasteiger partial charge in [-0.15, -0.1) is 0 Å². The molecule has 1 aromatic rings. The van der Waals surface area contributed by atoms with E-state index >= 15 is 0 Å². The third-order valence-electron chi connectivity index (χ3n) is 5.15. The molecule has 1 unspecified atom stereocenters. The van der Waals surface area contributed by atoms with Gasteiger partial charge in [-0.1, -0.05) is 12.5 Å².